The molecule has 1 aliphatic carbocycles. The predicted molar refractivity (Wildman–Crippen MR) is 76.5 cm³/mol. The highest BCUT2D eigenvalue weighted by Gasteiger charge is 2.25. The van der Waals surface area contributed by atoms with E-state index < -0.39 is 5.60 Å². The van der Waals surface area contributed by atoms with Gasteiger partial charge in [-0.25, -0.2) is 0 Å². The number of hydrogen-bond acceptors (Lipinski definition) is 1. The van der Waals surface area contributed by atoms with Crippen molar-refractivity contribution < 1.29 is 5.11 Å². The maximum Gasteiger partial charge on any atom is 0.101 e. The standard InChI is InChI=1S/C17H22O/c1-3-14(2)13-17(18)11-9-16(10-12-17)15-7-5-4-6-8-15/h4-12,14,16,18H,3,13H2,1-2H3. The molecular formula is C17H22O. The second-order valence-electron chi connectivity index (χ2n) is 5.36. The summed E-state index contributed by atoms with van der Waals surface area (Å²) in [5.41, 5.74) is 0.524. The first kappa shape index (κ1) is 13.1. The van der Waals surface area contributed by atoms with E-state index >= 15 is 0 Å². The van der Waals surface area contributed by atoms with E-state index in [1.807, 2.05) is 18.2 Å². The molecule has 0 saturated heterocycles. The summed E-state index contributed by atoms with van der Waals surface area (Å²) in [6.45, 7) is 4.35. The third kappa shape index (κ3) is 3.11. The summed E-state index contributed by atoms with van der Waals surface area (Å²) in [7, 11) is 0. The zero-order valence-corrected chi connectivity index (χ0v) is 11.2. The average molecular weight is 242 g/mol. The molecule has 96 valence electrons. The van der Waals surface area contributed by atoms with Crippen LogP contribution in [0.4, 0.5) is 0 Å². The molecule has 0 spiro atoms. The first-order chi connectivity index (χ1) is 8.63. The monoisotopic (exact) mass is 242 g/mol. The molecule has 1 atom stereocenters. The Morgan fingerprint density at radius 3 is 2.33 bits per heavy atom. The molecule has 2 rings (SSSR count). The molecule has 1 aromatic carbocycles. The van der Waals surface area contributed by atoms with Crippen LogP contribution in [0, 0.1) is 5.92 Å². The summed E-state index contributed by atoms with van der Waals surface area (Å²) in [6, 6.07) is 10.4. The SMILES string of the molecule is CCC(C)CC1(O)C=CC(c2ccccc2)C=C1. The van der Waals surface area contributed by atoms with Crippen molar-refractivity contribution in [3.05, 3.63) is 60.2 Å². The van der Waals surface area contributed by atoms with Gasteiger partial charge in [-0.05, 0) is 17.9 Å². The van der Waals surface area contributed by atoms with Crippen LogP contribution in [0.15, 0.2) is 54.6 Å². The van der Waals surface area contributed by atoms with Crippen LogP contribution >= 0.6 is 0 Å². The van der Waals surface area contributed by atoms with E-state index in [0.717, 1.165) is 12.8 Å². The zero-order valence-electron chi connectivity index (χ0n) is 11.2. The minimum atomic E-state index is -0.749. The molecule has 1 N–H and O–H groups in total. The summed E-state index contributed by atoms with van der Waals surface area (Å²) < 4.78 is 0. The Balaban J connectivity index is 2.07. The molecule has 1 heteroatoms. The van der Waals surface area contributed by atoms with Gasteiger partial charge in [0.15, 0.2) is 0 Å². The highest BCUT2D eigenvalue weighted by atomic mass is 16.3. The Morgan fingerprint density at radius 2 is 1.78 bits per heavy atom. The normalized spacial score (nSPS) is 28.3. The molecule has 1 nitrogen and oxygen atoms in total. The van der Waals surface area contributed by atoms with Crippen molar-refractivity contribution in [2.45, 2.75) is 38.2 Å². The first-order valence-electron chi connectivity index (χ1n) is 6.79. The van der Waals surface area contributed by atoms with Crippen LogP contribution in [0.25, 0.3) is 0 Å². The molecular weight excluding hydrogens is 220 g/mol. The third-order valence-corrected chi connectivity index (χ3v) is 3.74. The van der Waals surface area contributed by atoms with Crippen molar-refractivity contribution in [2.24, 2.45) is 5.92 Å². The molecule has 0 saturated carbocycles. The average Bonchev–Trinajstić information content (AvgIpc) is 2.40. The lowest BCUT2D eigenvalue weighted by atomic mass is 9.83. The van der Waals surface area contributed by atoms with Gasteiger partial charge in [0.25, 0.3) is 0 Å². The Labute approximate surface area is 110 Å². The zero-order chi connectivity index (χ0) is 13.0. The van der Waals surface area contributed by atoms with Gasteiger partial charge in [-0.1, -0.05) is 74.9 Å². The second-order valence-corrected chi connectivity index (χ2v) is 5.36. The fraction of sp³-hybridized carbons (Fsp3) is 0.412. The summed E-state index contributed by atoms with van der Waals surface area (Å²) in [5, 5.41) is 10.5. The molecule has 0 aromatic heterocycles. The van der Waals surface area contributed by atoms with Gasteiger partial charge in [-0.2, -0.15) is 0 Å². The lowest BCUT2D eigenvalue weighted by Gasteiger charge is -2.28. The van der Waals surface area contributed by atoms with E-state index in [1.165, 1.54) is 5.56 Å². The Bertz CT molecular complexity index is 416. The second kappa shape index (κ2) is 5.53. The summed E-state index contributed by atoms with van der Waals surface area (Å²) in [5.74, 6) is 0.834. The Kier molecular flexibility index (Phi) is 4.03. The van der Waals surface area contributed by atoms with Gasteiger partial charge in [0.1, 0.15) is 5.60 Å². The quantitative estimate of drug-likeness (QED) is 0.789. The smallest absolute Gasteiger partial charge is 0.101 e. The van der Waals surface area contributed by atoms with E-state index in [4.69, 9.17) is 0 Å². The minimum absolute atomic E-state index is 0.295. The molecule has 18 heavy (non-hydrogen) atoms. The summed E-state index contributed by atoms with van der Waals surface area (Å²) in [4.78, 5) is 0. The van der Waals surface area contributed by atoms with Crippen molar-refractivity contribution >= 4 is 0 Å². The van der Waals surface area contributed by atoms with Gasteiger partial charge in [0.05, 0.1) is 0 Å². The van der Waals surface area contributed by atoms with Crippen molar-refractivity contribution in [3.63, 3.8) is 0 Å². The first-order valence-corrected chi connectivity index (χ1v) is 6.79. The van der Waals surface area contributed by atoms with Crippen LogP contribution in [0.3, 0.4) is 0 Å². The summed E-state index contributed by atoms with van der Waals surface area (Å²) >= 11 is 0. The van der Waals surface area contributed by atoms with Gasteiger partial charge >= 0.3 is 0 Å². The van der Waals surface area contributed by atoms with Crippen LogP contribution in [0.5, 0.6) is 0 Å². The fourth-order valence-corrected chi connectivity index (χ4v) is 2.40. The van der Waals surface area contributed by atoms with Crippen molar-refractivity contribution in [1.29, 1.82) is 0 Å². The molecule has 0 bridgehead atoms. The van der Waals surface area contributed by atoms with Gasteiger partial charge in [-0.3, -0.25) is 0 Å². The number of aliphatic hydroxyl groups is 1. The van der Waals surface area contributed by atoms with Crippen LogP contribution in [-0.4, -0.2) is 10.7 Å². The van der Waals surface area contributed by atoms with E-state index in [0.29, 0.717) is 11.8 Å². The lowest BCUT2D eigenvalue weighted by molar-refractivity contribution is 0.111. The molecule has 0 radical (unpaired) electrons. The van der Waals surface area contributed by atoms with Crippen molar-refractivity contribution in [1.82, 2.24) is 0 Å². The van der Waals surface area contributed by atoms with Crippen molar-refractivity contribution in [3.8, 4) is 0 Å². The molecule has 1 aromatic rings. The molecule has 0 amide bonds. The largest absolute Gasteiger partial charge is 0.382 e. The van der Waals surface area contributed by atoms with Gasteiger partial charge in [0, 0.05) is 5.92 Å². The van der Waals surface area contributed by atoms with E-state index in [9.17, 15) is 5.11 Å². The Morgan fingerprint density at radius 1 is 1.17 bits per heavy atom. The van der Waals surface area contributed by atoms with Crippen LogP contribution < -0.4 is 0 Å². The number of rotatable bonds is 4. The topological polar surface area (TPSA) is 20.2 Å². The van der Waals surface area contributed by atoms with Crippen LogP contribution in [0.1, 0.15) is 38.2 Å². The predicted octanol–water partition coefficient (Wildman–Crippen LogP) is 4.06. The van der Waals surface area contributed by atoms with Gasteiger partial charge in [-0.15, -0.1) is 0 Å². The fourth-order valence-electron chi connectivity index (χ4n) is 2.40. The van der Waals surface area contributed by atoms with E-state index in [1.54, 1.807) is 0 Å². The summed E-state index contributed by atoms with van der Waals surface area (Å²) in [6.07, 6.45) is 10.0. The number of hydrogen-bond donors (Lipinski definition) is 1. The molecule has 0 heterocycles. The molecule has 0 fully saturated rings. The molecule has 0 aliphatic heterocycles. The number of benzene rings is 1. The Hall–Kier alpha value is -1.34. The minimum Gasteiger partial charge on any atom is -0.382 e. The maximum absolute atomic E-state index is 10.5. The van der Waals surface area contributed by atoms with Gasteiger partial charge < -0.3 is 5.11 Å². The molecule has 1 aliphatic rings. The van der Waals surface area contributed by atoms with E-state index in [2.05, 4.69) is 50.3 Å². The highest BCUT2D eigenvalue weighted by Crippen LogP contribution is 2.30. The number of allylic oxidation sites excluding steroid dienone is 2. The van der Waals surface area contributed by atoms with Crippen LogP contribution in [0.2, 0.25) is 0 Å². The highest BCUT2D eigenvalue weighted by molar-refractivity contribution is 5.34. The molecule has 1 unspecified atom stereocenters. The third-order valence-electron chi connectivity index (χ3n) is 3.74. The van der Waals surface area contributed by atoms with Crippen LogP contribution in [-0.2, 0) is 0 Å². The maximum atomic E-state index is 10.5. The van der Waals surface area contributed by atoms with E-state index in [-0.39, 0.29) is 0 Å². The lowest BCUT2D eigenvalue weighted by Crippen LogP contribution is -2.27. The van der Waals surface area contributed by atoms with Gasteiger partial charge in [0.2, 0.25) is 0 Å². The van der Waals surface area contributed by atoms with Crippen molar-refractivity contribution in [2.75, 3.05) is 0 Å².